The van der Waals surface area contributed by atoms with Crippen molar-refractivity contribution in [3.05, 3.63) is 57.1 Å². The number of nitrogens with zero attached hydrogens (tertiary/aromatic N) is 2. The molecule has 2 rings (SSSR count). The summed E-state index contributed by atoms with van der Waals surface area (Å²) in [5, 5.41) is 0.509. The van der Waals surface area contributed by atoms with Gasteiger partial charge in [-0.2, -0.15) is 0 Å². The molecule has 0 spiro atoms. The van der Waals surface area contributed by atoms with Crippen LogP contribution in [0.25, 0.3) is 0 Å². The highest BCUT2D eigenvalue weighted by atomic mass is 35.5. The van der Waals surface area contributed by atoms with Crippen LogP contribution in [-0.4, -0.2) is 9.55 Å². The van der Waals surface area contributed by atoms with E-state index in [1.807, 2.05) is 13.0 Å². The normalized spacial score (nSPS) is 10.5. The third-order valence-corrected chi connectivity index (χ3v) is 2.86. The van der Waals surface area contributed by atoms with Crippen LogP contribution in [0.3, 0.4) is 0 Å². The van der Waals surface area contributed by atoms with Crippen LogP contribution >= 0.6 is 11.6 Å². The molecule has 17 heavy (non-hydrogen) atoms. The Kier molecular flexibility index (Phi) is 3.15. The largest absolute Gasteiger partial charge is 0.384 e. The number of aryl methyl sites for hydroxylation is 1. The lowest BCUT2D eigenvalue weighted by atomic mass is 10.3. The van der Waals surface area contributed by atoms with Gasteiger partial charge in [-0.15, -0.1) is 0 Å². The molecule has 0 aliphatic carbocycles. The molecule has 2 aromatic heterocycles. The molecule has 0 atom stereocenters. The van der Waals surface area contributed by atoms with Gasteiger partial charge in [0, 0.05) is 11.8 Å². The molecule has 0 unspecified atom stereocenters. The molecule has 2 heterocycles. The van der Waals surface area contributed by atoms with E-state index in [4.69, 9.17) is 17.3 Å². The molecule has 0 amide bonds. The quantitative estimate of drug-likeness (QED) is 0.883. The lowest BCUT2D eigenvalue weighted by Gasteiger charge is -2.10. The summed E-state index contributed by atoms with van der Waals surface area (Å²) in [5.41, 5.74) is 6.98. The fourth-order valence-corrected chi connectivity index (χ4v) is 1.75. The van der Waals surface area contributed by atoms with Gasteiger partial charge in [0.1, 0.15) is 5.82 Å². The first kappa shape index (κ1) is 11.7. The van der Waals surface area contributed by atoms with Crippen molar-refractivity contribution in [2.24, 2.45) is 0 Å². The Morgan fingerprint density at radius 2 is 2.12 bits per heavy atom. The van der Waals surface area contributed by atoms with Crippen molar-refractivity contribution in [1.29, 1.82) is 0 Å². The molecule has 0 saturated carbocycles. The van der Waals surface area contributed by atoms with Crippen molar-refractivity contribution < 1.29 is 0 Å². The highest BCUT2D eigenvalue weighted by molar-refractivity contribution is 6.31. The molecule has 0 aliphatic rings. The van der Waals surface area contributed by atoms with Crippen molar-refractivity contribution >= 4 is 17.4 Å². The van der Waals surface area contributed by atoms with Gasteiger partial charge in [-0.1, -0.05) is 17.7 Å². The number of nitrogen functional groups attached to an aromatic ring is 1. The maximum absolute atomic E-state index is 11.7. The van der Waals surface area contributed by atoms with Crippen LogP contribution in [0.4, 0.5) is 5.82 Å². The van der Waals surface area contributed by atoms with Gasteiger partial charge in [0.25, 0.3) is 5.56 Å². The number of hydrogen-bond donors (Lipinski definition) is 1. The maximum Gasteiger partial charge on any atom is 0.251 e. The third-order valence-electron chi connectivity index (χ3n) is 2.52. The van der Waals surface area contributed by atoms with Crippen molar-refractivity contribution in [2.45, 2.75) is 13.5 Å². The molecule has 5 heteroatoms. The van der Waals surface area contributed by atoms with Gasteiger partial charge in [-0.25, -0.2) is 4.98 Å². The first-order chi connectivity index (χ1) is 8.08. The Labute approximate surface area is 104 Å². The van der Waals surface area contributed by atoms with E-state index in [0.717, 1.165) is 5.69 Å². The number of halogens is 1. The summed E-state index contributed by atoms with van der Waals surface area (Å²) in [6.07, 6.45) is 0. The second-order valence-corrected chi connectivity index (χ2v) is 4.16. The summed E-state index contributed by atoms with van der Waals surface area (Å²) in [6, 6.07) is 8.41. The Morgan fingerprint density at radius 3 is 2.82 bits per heavy atom. The highest BCUT2D eigenvalue weighted by Gasteiger charge is 2.06. The lowest BCUT2D eigenvalue weighted by molar-refractivity contribution is 0.714. The Morgan fingerprint density at radius 1 is 1.35 bits per heavy atom. The predicted molar refractivity (Wildman–Crippen MR) is 68.2 cm³/mol. The monoisotopic (exact) mass is 249 g/mol. The fraction of sp³-hybridized carbons (Fsp3) is 0.167. The van der Waals surface area contributed by atoms with Crippen LogP contribution in [-0.2, 0) is 6.54 Å². The van der Waals surface area contributed by atoms with Gasteiger partial charge in [0.2, 0.25) is 0 Å². The minimum absolute atomic E-state index is 0.0784. The fourth-order valence-electron chi connectivity index (χ4n) is 1.59. The molecule has 0 saturated heterocycles. The van der Waals surface area contributed by atoms with E-state index in [0.29, 0.717) is 23.1 Å². The number of pyridine rings is 2. The molecule has 88 valence electrons. The molecule has 2 aromatic rings. The van der Waals surface area contributed by atoms with Crippen LogP contribution in [0.1, 0.15) is 11.4 Å². The molecule has 2 N–H and O–H groups in total. The van der Waals surface area contributed by atoms with Gasteiger partial charge in [-0.3, -0.25) is 4.79 Å². The van der Waals surface area contributed by atoms with Crippen LogP contribution in [0.5, 0.6) is 0 Å². The molecule has 0 fully saturated rings. The van der Waals surface area contributed by atoms with E-state index in [2.05, 4.69) is 4.98 Å². The second-order valence-electron chi connectivity index (χ2n) is 3.76. The van der Waals surface area contributed by atoms with E-state index < -0.39 is 0 Å². The topological polar surface area (TPSA) is 60.9 Å². The van der Waals surface area contributed by atoms with Gasteiger partial charge in [-0.05, 0) is 25.1 Å². The first-order valence-electron chi connectivity index (χ1n) is 5.15. The molecular formula is C12H12ClN3O. The number of rotatable bonds is 2. The van der Waals surface area contributed by atoms with Crippen molar-refractivity contribution in [1.82, 2.24) is 9.55 Å². The SMILES string of the molecule is Cc1cccc(=O)n1Cc1nc(N)ccc1Cl. The smallest absolute Gasteiger partial charge is 0.251 e. The summed E-state index contributed by atoms with van der Waals surface area (Å²) < 4.78 is 1.60. The zero-order valence-electron chi connectivity index (χ0n) is 9.35. The molecule has 0 bridgehead atoms. The van der Waals surface area contributed by atoms with Crippen LogP contribution < -0.4 is 11.3 Å². The third kappa shape index (κ3) is 2.47. The standard InChI is InChI=1S/C12H12ClN3O/c1-8-3-2-4-12(17)16(8)7-10-9(13)5-6-11(14)15-10/h2-6H,7H2,1H3,(H2,14,15). The van der Waals surface area contributed by atoms with Crippen LogP contribution in [0, 0.1) is 6.92 Å². The maximum atomic E-state index is 11.7. The van der Waals surface area contributed by atoms with Crippen molar-refractivity contribution in [2.75, 3.05) is 5.73 Å². The molecule has 0 aromatic carbocycles. The van der Waals surface area contributed by atoms with E-state index in [-0.39, 0.29) is 5.56 Å². The minimum Gasteiger partial charge on any atom is -0.384 e. The van der Waals surface area contributed by atoms with Gasteiger partial charge in [0.15, 0.2) is 0 Å². The number of nitrogens with two attached hydrogens (primary N) is 1. The minimum atomic E-state index is -0.0784. The van der Waals surface area contributed by atoms with E-state index in [1.54, 1.807) is 22.8 Å². The molecule has 4 nitrogen and oxygen atoms in total. The van der Waals surface area contributed by atoms with E-state index in [9.17, 15) is 4.79 Å². The summed E-state index contributed by atoms with van der Waals surface area (Å²) >= 11 is 6.02. The van der Waals surface area contributed by atoms with Gasteiger partial charge < -0.3 is 10.3 Å². The zero-order valence-corrected chi connectivity index (χ0v) is 10.1. The van der Waals surface area contributed by atoms with E-state index in [1.165, 1.54) is 6.07 Å². The van der Waals surface area contributed by atoms with Crippen LogP contribution in [0.2, 0.25) is 5.02 Å². The summed E-state index contributed by atoms with van der Waals surface area (Å²) in [4.78, 5) is 15.8. The average Bonchev–Trinajstić information content (AvgIpc) is 2.28. The summed E-state index contributed by atoms with van der Waals surface area (Å²) in [6.45, 7) is 2.19. The summed E-state index contributed by atoms with van der Waals surface area (Å²) in [5.74, 6) is 0.394. The zero-order chi connectivity index (χ0) is 12.4. The summed E-state index contributed by atoms with van der Waals surface area (Å²) in [7, 11) is 0. The van der Waals surface area contributed by atoms with Crippen molar-refractivity contribution in [3.63, 3.8) is 0 Å². The first-order valence-corrected chi connectivity index (χ1v) is 5.53. The Balaban J connectivity index is 2.45. The highest BCUT2D eigenvalue weighted by Crippen LogP contribution is 2.16. The van der Waals surface area contributed by atoms with Crippen molar-refractivity contribution in [3.8, 4) is 0 Å². The van der Waals surface area contributed by atoms with Crippen LogP contribution in [0.15, 0.2) is 35.1 Å². The predicted octanol–water partition coefficient (Wildman–Crippen LogP) is 1.84. The molecular weight excluding hydrogens is 238 g/mol. The Bertz CT molecular complexity index is 607. The average molecular weight is 250 g/mol. The lowest BCUT2D eigenvalue weighted by Crippen LogP contribution is -2.22. The van der Waals surface area contributed by atoms with E-state index >= 15 is 0 Å². The Hall–Kier alpha value is -1.81. The second kappa shape index (κ2) is 4.59. The van der Waals surface area contributed by atoms with Gasteiger partial charge in [0.05, 0.1) is 17.3 Å². The number of hydrogen-bond acceptors (Lipinski definition) is 3. The number of aromatic nitrogens is 2. The molecule has 0 aliphatic heterocycles. The molecule has 0 radical (unpaired) electrons. The number of anilines is 1. The van der Waals surface area contributed by atoms with Gasteiger partial charge >= 0.3 is 0 Å².